The maximum atomic E-state index is 13.2. The molecule has 5 nitrogen and oxygen atoms in total. The van der Waals surface area contributed by atoms with Crippen LogP contribution in [0.15, 0.2) is 36.7 Å². The van der Waals surface area contributed by atoms with E-state index in [4.69, 9.17) is 16.2 Å². The molecule has 1 aromatic carbocycles. The van der Waals surface area contributed by atoms with Gasteiger partial charge < -0.3 is 16.2 Å². The van der Waals surface area contributed by atoms with Crippen LogP contribution in [-0.4, -0.2) is 10.9 Å². The molecule has 19 heavy (non-hydrogen) atoms. The maximum absolute atomic E-state index is 13.2. The van der Waals surface area contributed by atoms with Crippen molar-refractivity contribution in [2.24, 2.45) is 5.73 Å². The standard InChI is InChI=1S/C13H12FN3O2/c14-11-4-10(1-2-12(11)15)19-7-8-3-9(13(16)18)6-17-5-8/h1-6H,7,15H2,(H2,16,18). The van der Waals surface area contributed by atoms with Crippen molar-refractivity contribution in [3.05, 3.63) is 53.6 Å². The van der Waals surface area contributed by atoms with Crippen LogP contribution in [-0.2, 0) is 6.61 Å². The van der Waals surface area contributed by atoms with Gasteiger partial charge in [0.15, 0.2) is 0 Å². The third kappa shape index (κ3) is 3.19. The van der Waals surface area contributed by atoms with Crippen LogP contribution in [0.4, 0.5) is 10.1 Å². The molecule has 0 saturated carbocycles. The highest BCUT2D eigenvalue weighted by Gasteiger charge is 2.04. The fourth-order valence-electron chi connectivity index (χ4n) is 1.47. The van der Waals surface area contributed by atoms with Crippen molar-refractivity contribution in [2.75, 3.05) is 5.73 Å². The van der Waals surface area contributed by atoms with E-state index in [0.717, 1.165) is 0 Å². The van der Waals surface area contributed by atoms with Gasteiger partial charge in [-0.25, -0.2) is 4.39 Å². The van der Waals surface area contributed by atoms with Crippen molar-refractivity contribution in [1.29, 1.82) is 0 Å². The van der Waals surface area contributed by atoms with E-state index in [1.807, 2.05) is 0 Å². The number of aromatic nitrogens is 1. The van der Waals surface area contributed by atoms with Crippen LogP contribution in [0.2, 0.25) is 0 Å². The molecule has 0 aliphatic heterocycles. The molecule has 0 radical (unpaired) electrons. The van der Waals surface area contributed by atoms with E-state index in [2.05, 4.69) is 4.98 Å². The van der Waals surface area contributed by atoms with Gasteiger partial charge in [0.2, 0.25) is 5.91 Å². The summed E-state index contributed by atoms with van der Waals surface area (Å²) in [5, 5.41) is 0. The minimum Gasteiger partial charge on any atom is -0.489 e. The number of rotatable bonds is 4. The zero-order valence-corrected chi connectivity index (χ0v) is 9.97. The highest BCUT2D eigenvalue weighted by Crippen LogP contribution is 2.19. The number of benzene rings is 1. The lowest BCUT2D eigenvalue weighted by Gasteiger charge is -2.07. The van der Waals surface area contributed by atoms with Crippen molar-refractivity contribution in [1.82, 2.24) is 4.98 Å². The van der Waals surface area contributed by atoms with Crippen molar-refractivity contribution >= 4 is 11.6 Å². The lowest BCUT2D eigenvalue weighted by Crippen LogP contribution is -2.12. The predicted molar refractivity (Wildman–Crippen MR) is 67.9 cm³/mol. The van der Waals surface area contributed by atoms with E-state index in [-0.39, 0.29) is 12.3 Å². The topological polar surface area (TPSA) is 91.2 Å². The van der Waals surface area contributed by atoms with E-state index in [9.17, 15) is 9.18 Å². The molecular formula is C13H12FN3O2. The number of anilines is 1. The first-order valence-electron chi connectivity index (χ1n) is 5.48. The predicted octanol–water partition coefficient (Wildman–Crippen LogP) is 1.48. The maximum Gasteiger partial charge on any atom is 0.250 e. The molecule has 2 rings (SSSR count). The number of ether oxygens (including phenoxy) is 1. The first-order chi connectivity index (χ1) is 9.06. The van der Waals surface area contributed by atoms with Gasteiger partial charge in [-0.3, -0.25) is 9.78 Å². The van der Waals surface area contributed by atoms with Crippen molar-refractivity contribution in [3.8, 4) is 5.75 Å². The summed E-state index contributed by atoms with van der Waals surface area (Å²) in [5.41, 5.74) is 11.5. The fourth-order valence-corrected chi connectivity index (χ4v) is 1.47. The average molecular weight is 261 g/mol. The first-order valence-corrected chi connectivity index (χ1v) is 5.48. The van der Waals surface area contributed by atoms with Gasteiger partial charge in [0.05, 0.1) is 11.3 Å². The summed E-state index contributed by atoms with van der Waals surface area (Å²) >= 11 is 0. The van der Waals surface area contributed by atoms with Gasteiger partial charge in [-0.2, -0.15) is 0 Å². The van der Waals surface area contributed by atoms with Crippen LogP contribution < -0.4 is 16.2 Å². The monoisotopic (exact) mass is 261 g/mol. The molecule has 98 valence electrons. The Labute approximate surface area is 109 Å². The van der Waals surface area contributed by atoms with Crippen LogP contribution in [0, 0.1) is 5.82 Å². The van der Waals surface area contributed by atoms with Gasteiger partial charge in [0.1, 0.15) is 18.2 Å². The Bertz CT molecular complexity index is 617. The smallest absolute Gasteiger partial charge is 0.250 e. The van der Waals surface area contributed by atoms with Crippen LogP contribution in [0.5, 0.6) is 5.75 Å². The molecule has 0 aliphatic rings. The first kappa shape index (κ1) is 12.8. The third-order valence-electron chi connectivity index (χ3n) is 2.46. The minimum atomic E-state index is -0.562. The number of nitrogens with two attached hydrogens (primary N) is 2. The Morgan fingerprint density at radius 1 is 1.32 bits per heavy atom. The number of nitrogen functional groups attached to an aromatic ring is 1. The molecule has 2 aromatic rings. The SMILES string of the molecule is NC(=O)c1cncc(COc2ccc(N)c(F)c2)c1. The van der Waals surface area contributed by atoms with E-state index in [1.165, 1.54) is 18.3 Å². The Kier molecular flexibility index (Phi) is 3.61. The normalized spacial score (nSPS) is 10.2. The van der Waals surface area contributed by atoms with Gasteiger partial charge in [-0.1, -0.05) is 0 Å². The average Bonchev–Trinajstić information content (AvgIpc) is 2.40. The van der Waals surface area contributed by atoms with Crippen molar-refractivity contribution in [2.45, 2.75) is 6.61 Å². The van der Waals surface area contributed by atoms with Gasteiger partial charge in [-0.15, -0.1) is 0 Å². The van der Waals surface area contributed by atoms with E-state index in [1.54, 1.807) is 18.3 Å². The zero-order valence-electron chi connectivity index (χ0n) is 9.97. The second-order valence-corrected chi connectivity index (χ2v) is 3.92. The van der Waals surface area contributed by atoms with Crippen LogP contribution in [0.25, 0.3) is 0 Å². The lowest BCUT2D eigenvalue weighted by molar-refractivity contribution is 0.1000. The molecule has 1 aromatic heterocycles. The summed E-state index contributed by atoms with van der Waals surface area (Å²) in [5.74, 6) is -0.759. The van der Waals surface area contributed by atoms with E-state index >= 15 is 0 Å². The van der Waals surface area contributed by atoms with E-state index in [0.29, 0.717) is 16.9 Å². The quantitative estimate of drug-likeness (QED) is 0.815. The summed E-state index contributed by atoms with van der Waals surface area (Å²) in [7, 11) is 0. The van der Waals surface area contributed by atoms with Crippen molar-refractivity contribution < 1.29 is 13.9 Å². The molecular weight excluding hydrogens is 249 g/mol. The van der Waals surface area contributed by atoms with Gasteiger partial charge in [0, 0.05) is 24.0 Å². The molecule has 6 heteroatoms. The largest absolute Gasteiger partial charge is 0.489 e. The van der Waals surface area contributed by atoms with Crippen LogP contribution in [0.3, 0.4) is 0 Å². The Morgan fingerprint density at radius 2 is 2.11 bits per heavy atom. The molecule has 0 bridgehead atoms. The van der Waals surface area contributed by atoms with Crippen molar-refractivity contribution in [3.63, 3.8) is 0 Å². The van der Waals surface area contributed by atoms with E-state index < -0.39 is 11.7 Å². The highest BCUT2D eigenvalue weighted by molar-refractivity contribution is 5.92. The molecule has 0 unspecified atom stereocenters. The van der Waals surface area contributed by atoms with Gasteiger partial charge in [0.25, 0.3) is 0 Å². The number of amides is 1. The van der Waals surface area contributed by atoms with Gasteiger partial charge >= 0.3 is 0 Å². The molecule has 1 heterocycles. The minimum absolute atomic E-state index is 0.0599. The number of primary amides is 1. The highest BCUT2D eigenvalue weighted by atomic mass is 19.1. The number of nitrogens with zero attached hydrogens (tertiary/aromatic N) is 1. The third-order valence-corrected chi connectivity index (χ3v) is 2.46. The molecule has 0 saturated heterocycles. The summed E-state index contributed by atoms with van der Waals surface area (Å²) in [6, 6.07) is 5.75. The molecule has 1 amide bonds. The molecule has 0 atom stereocenters. The Balaban J connectivity index is 2.07. The molecule has 4 N–H and O–H groups in total. The molecule has 0 fully saturated rings. The molecule has 0 spiro atoms. The number of hydrogen-bond donors (Lipinski definition) is 2. The molecule has 0 aliphatic carbocycles. The summed E-state index contributed by atoms with van der Waals surface area (Å²) in [4.78, 5) is 14.9. The number of pyridine rings is 1. The Morgan fingerprint density at radius 3 is 2.79 bits per heavy atom. The summed E-state index contributed by atoms with van der Waals surface area (Å²) in [6.07, 6.45) is 2.91. The number of hydrogen-bond acceptors (Lipinski definition) is 4. The second-order valence-electron chi connectivity index (χ2n) is 3.92. The fraction of sp³-hybridized carbons (Fsp3) is 0.0769. The lowest BCUT2D eigenvalue weighted by atomic mass is 10.2. The number of halogens is 1. The number of carbonyl (C=O) groups excluding carboxylic acids is 1. The van der Waals surface area contributed by atoms with Crippen LogP contribution >= 0.6 is 0 Å². The van der Waals surface area contributed by atoms with Gasteiger partial charge in [-0.05, 0) is 18.2 Å². The van der Waals surface area contributed by atoms with Crippen LogP contribution in [0.1, 0.15) is 15.9 Å². The summed E-state index contributed by atoms with van der Waals surface area (Å²) < 4.78 is 18.6. The zero-order chi connectivity index (χ0) is 13.8. The summed E-state index contributed by atoms with van der Waals surface area (Å²) in [6.45, 7) is 0.150. The number of carbonyl (C=O) groups is 1. The Hall–Kier alpha value is -2.63. The second kappa shape index (κ2) is 5.34.